The van der Waals surface area contributed by atoms with E-state index < -0.39 is 27.3 Å². The fraction of sp³-hybridized carbons (Fsp3) is 0.316. The molecule has 0 aliphatic carbocycles. The smallest absolute Gasteiger partial charge is 0.380 e. The molecule has 9 heteroatoms. The third-order valence-electron chi connectivity index (χ3n) is 3.64. The van der Waals surface area contributed by atoms with Gasteiger partial charge in [-0.15, -0.1) is 0 Å². The van der Waals surface area contributed by atoms with Gasteiger partial charge in [0.25, 0.3) is 0 Å². The second-order valence-electron chi connectivity index (χ2n) is 7.19. The fourth-order valence-corrected chi connectivity index (χ4v) is 4.19. The van der Waals surface area contributed by atoms with Crippen LogP contribution in [0.25, 0.3) is 0 Å². The van der Waals surface area contributed by atoms with Crippen molar-refractivity contribution in [3.05, 3.63) is 59.2 Å². The van der Waals surface area contributed by atoms with E-state index in [1.54, 1.807) is 45.0 Å². The lowest BCUT2D eigenvalue weighted by Crippen LogP contribution is -2.40. The van der Waals surface area contributed by atoms with Crippen LogP contribution in [0, 0.1) is 11.3 Å². The van der Waals surface area contributed by atoms with Crippen molar-refractivity contribution in [2.45, 2.75) is 43.9 Å². The highest BCUT2D eigenvalue weighted by molar-refractivity contribution is 7.89. The Kier molecular flexibility index (Phi) is 6.06. The van der Waals surface area contributed by atoms with Crippen molar-refractivity contribution >= 4 is 15.7 Å². The van der Waals surface area contributed by atoms with Crippen molar-refractivity contribution < 1.29 is 21.6 Å². The van der Waals surface area contributed by atoms with E-state index in [2.05, 4.69) is 10.0 Å². The van der Waals surface area contributed by atoms with Gasteiger partial charge in [-0.05, 0) is 50.6 Å². The van der Waals surface area contributed by atoms with Crippen LogP contribution >= 0.6 is 0 Å². The van der Waals surface area contributed by atoms with E-state index in [9.17, 15) is 21.6 Å². The minimum Gasteiger partial charge on any atom is -0.380 e. The van der Waals surface area contributed by atoms with Crippen LogP contribution < -0.4 is 10.0 Å². The van der Waals surface area contributed by atoms with Gasteiger partial charge in [0.1, 0.15) is 6.07 Å². The third-order valence-corrected chi connectivity index (χ3v) is 5.50. The summed E-state index contributed by atoms with van der Waals surface area (Å²) in [6, 6.07) is 10.8. The van der Waals surface area contributed by atoms with Crippen molar-refractivity contribution in [2.24, 2.45) is 0 Å². The second-order valence-corrected chi connectivity index (χ2v) is 8.84. The Morgan fingerprint density at radius 2 is 1.71 bits per heavy atom. The Hall–Kier alpha value is -2.57. The summed E-state index contributed by atoms with van der Waals surface area (Å²) >= 11 is 0. The zero-order valence-corrected chi connectivity index (χ0v) is 16.4. The molecule has 2 rings (SSSR count). The van der Waals surface area contributed by atoms with E-state index in [1.165, 1.54) is 6.07 Å². The summed E-state index contributed by atoms with van der Waals surface area (Å²) in [4.78, 5) is 0.0582. The predicted octanol–water partition coefficient (Wildman–Crippen LogP) is 4.27. The van der Waals surface area contributed by atoms with Gasteiger partial charge < -0.3 is 5.32 Å². The summed E-state index contributed by atoms with van der Waals surface area (Å²) < 4.78 is 66.3. The SMILES string of the molecule is CC(C)(C)NS(=O)(=O)c1ccccc1CNc1ccc(C(F)(F)F)cc1C#N. The van der Waals surface area contributed by atoms with Gasteiger partial charge in [0.05, 0.1) is 21.7 Å². The predicted molar refractivity (Wildman–Crippen MR) is 100 cm³/mol. The minimum atomic E-state index is -4.55. The van der Waals surface area contributed by atoms with Gasteiger partial charge in [0.15, 0.2) is 0 Å². The van der Waals surface area contributed by atoms with E-state index in [-0.39, 0.29) is 22.7 Å². The number of nitriles is 1. The minimum absolute atomic E-state index is 0.0151. The number of sulfonamides is 1. The Bertz CT molecular complexity index is 1000. The van der Waals surface area contributed by atoms with Crippen LogP contribution in [0.4, 0.5) is 18.9 Å². The Labute approximate surface area is 162 Å². The summed E-state index contributed by atoms with van der Waals surface area (Å²) in [7, 11) is -3.80. The Morgan fingerprint density at radius 3 is 2.29 bits per heavy atom. The maximum Gasteiger partial charge on any atom is 0.416 e. The van der Waals surface area contributed by atoms with Crippen molar-refractivity contribution in [3.63, 3.8) is 0 Å². The third kappa shape index (κ3) is 5.47. The van der Waals surface area contributed by atoms with Gasteiger partial charge in [0.2, 0.25) is 10.0 Å². The zero-order chi connectivity index (χ0) is 21.2. The molecule has 2 N–H and O–H groups in total. The van der Waals surface area contributed by atoms with Crippen molar-refractivity contribution in [2.75, 3.05) is 5.32 Å². The van der Waals surface area contributed by atoms with E-state index in [0.29, 0.717) is 5.56 Å². The number of anilines is 1. The number of nitrogens with zero attached hydrogens (tertiary/aromatic N) is 1. The molecule has 0 unspecified atom stereocenters. The molecule has 0 saturated heterocycles. The number of nitrogens with one attached hydrogen (secondary N) is 2. The van der Waals surface area contributed by atoms with Crippen molar-refractivity contribution in [1.29, 1.82) is 5.26 Å². The summed E-state index contributed by atoms with van der Waals surface area (Å²) in [6.45, 7) is 5.16. The molecule has 0 heterocycles. The molecule has 0 fully saturated rings. The molecule has 2 aromatic carbocycles. The van der Waals surface area contributed by atoms with Crippen LogP contribution in [-0.2, 0) is 22.7 Å². The van der Waals surface area contributed by atoms with Crippen LogP contribution in [0.15, 0.2) is 47.4 Å². The number of hydrogen-bond donors (Lipinski definition) is 2. The average molecular weight is 411 g/mol. The normalized spacial score (nSPS) is 12.5. The lowest BCUT2D eigenvalue weighted by molar-refractivity contribution is -0.137. The highest BCUT2D eigenvalue weighted by atomic mass is 32.2. The topological polar surface area (TPSA) is 82.0 Å². The molecule has 0 aliphatic heterocycles. The first kappa shape index (κ1) is 21.7. The number of benzene rings is 2. The lowest BCUT2D eigenvalue weighted by Gasteiger charge is -2.22. The molecule has 0 spiro atoms. The Morgan fingerprint density at radius 1 is 1.07 bits per heavy atom. The first-order valence-electron chi connectivity index (χ1n) is 8.30. The molecule has 0 atom stereocenters. The van der Waals surface area contributed by atoms with Crippen LogP contribution in [-0.4, -0.2) is 14.0 Å². The van der Waals surface area contributed by atoms with Crippen molar-refractivity contribution in [3.8, 4) is 6.07 Å². The molecular formula is C19H20F3N3O2S. The molecular weight excluding hydrogens is 391 g/mol. The molecule has 0 saturated carbocycles. The van der Waals surface area contributed by atoms with Gasteiger partial charge in [-0.25, -0.2) is 13.1 Å². The fourth-order valence-electron chi connectivity index (χ4n) is 2.53. The average Bonchev–Trinajstić information content (AvgIpc) is 2.57. The monoisotopic (exact) mass is 411 g/mol. The molecule has 0 aliphatic rings. The van der Waals surface area contributed by atoms with Gasteiger partial charge in [-0.1, -0.05) is 18.2 Å². The first-order chi connectivity index (χ1) is 12.8. The van der Waals surface area contributed by atoms with E-state index in [1.807, 2.05) is 0 Å². The van der Waals surface area contributed by atoms with Gasteiger partial charge in [0, 0.05) is 12.1 Å². The summed E-state index contributed by atoms with van der Waals surface area (Å²) in [5, 5.41) is 12.0. The second kappa shape index (κ2) is 7.81. The number of alkyl halides is 3. The standard InChI is InChI=1S/C19H20F3N3O2S/c1-18(2,3)25-28(26,27)17-7-5-4-6-13(17)12-24-16-9-8-15(19(20,21)22)10-14(16)11-23/h4-10,24-25H,12H2,1-3H3. The zero-order valence-electron chi connectivity index (χ0n) is 15.6. The van der Waals surface area contributed by atoms with Gasteiger partial charge >= 0.3 is 6.18 Å². The molecule has 28 heavy (non-hydrogen) atoms. The van der Waals surface area contributed by atoms with Gasteiger partial charge in [-0.2, -0.15) is 18.4 Å². The summed E-state index contributed by atoms with van der Waals surface area (Å²) in [5.41, 5.74) is -1.18. The number of halogens is 3. The maximum absolute atomic E-state index is 12.8. The molecule has 2 aromatic rings. The highest BCUT2D eigenvalue weighted by Gasteiger charge is 2.31. The van der Waals surface area contributed by atoms with E-state index in [4.69, 9.17) is 5.26 Å². The summed E-state index contributed by atoms with van der Waals surface area (Å²) in [5.74, 6) is 0. The van der Waals surface area contributed by atoms with Gasteiger partial charge in [-0.3, -0.25) is 0 Å². The molecule has 0 amide bonds. The van der Waals surface area contributed by atoms with Crippen LogP contribution in [0.3, 0.4) is 0 Å². The number of hydrogen-bond acceptors (Lipinski definition) is 4. The highest BCUT2D eigenvalue weighted by Crippen LogP contribution is 2.32. The molecule has 0 bridgehead atoms. The van der Waals surface area contributed by atoms with Crippen molar-refractivity contribution in [1.82, 2.24) is 4.72 Å². The van der Waals surface area contributed by atoms with Crippen LogP contribution in [0.2, 0.25) is 0 Å². The molecule has 150 valence electrons. The molecule has 0 radical (unpaired) electrons. The quantitative estimate of drug-likeness (QED) is 0.770. The number of rotatable bonds is 5. The lowest BCUT2D eigenvalue weighted by atomic mass is 10.1. The van der Waals surface area contributed by atoms with E-state index in [0.717, 1.165) is 18.2 Å². The first-order valence-corrected chi connectivity index (χ1v) is 9.79. The summed E-state index contributed by atoms with van der Waals surface area (Å²) in [6.07, 6.45) is -4.55. The molecule has 0 aromatic heterocycles. The maximum atomic E-state index is 12.8. The van der Waals surface area contributed by atoms with Crippen LogP contribution in [0.1, 0.15) is 37.5 Å². The van der Waals surface area contributed by atoms with E-state index >= 15 is 0 Å². The molecule has 5 nitrogen and oxygen atoms in total. The largest absolute Gasteiger partial charge is 0.416 e. The van der Waals surface area contributed by atoms with Crippen LogP contribution in [0.5, 0.6) is 0 Å². The Balaban J connectivity index is 2.31.